The van der Waals surface area contributed by atoms with E-state index in [4.69, 9.17) is 0 Å². The fourth-order valence-corrected chi connectivity index (χ4v) is 3.62. The number of nitrogens with one attached hydrogen (secondary N) is 1. The monoisotopic (exact) mass is 295 g/mol. The highest BCUT2D eigenvalue weighted by Crippen LogP contribution is 2.30. The standard InChI is InChI=1S/C14H17NO4S/c16-13(17)14(9-4-5-10-14)15-20(18,19)11-8-12-6-2-1-3-7-12/h1-3,6-8,11,15H,4-5,9-10H2,(H,16,17)/b11-8+. The van der Waals surface area contributed by atoms with Crippen molar-refractivity contribution in [1.29, 1.82) is 0 Å². The number of hydrogen-bond donors (Lipinski definition) is 2. The van der Waals surface area contributed by atoms with Gasteiger partial charge in [-0.2, -0.15) is 4.72 Å². The number of benzene rings is 1. The normalized spacial score (nSPS) is 18.4. The van der Waals surface area contributed by atoms with Crippen molar-refractivity contribution >= 4 is 22.1 Å². The highest BCUT2D eigenvalue weighted by atomic mass is 32.2. The number of carboxylic acid groups (broad SMARTS) is 1. The Bertz CT molecular complexity index is 601. The van der Waals surface area contributed by atoms with Crippen LogP contribution in [0.2, 0.25) is 0 Å². The van der Waals surface area contributed by atoms with E-state index in [9.17, 15) is 18.3 Å². The lowest BCUT2D eigenvalue weighted by molar-refractivity contribution is -0.143. The zero-order valence-electron chi connectivity index (χ0n) is 11.0. The van der Waals surface area contributed by atoms with E-state index in [0.717, 1.165) is 23.8 Å². The average Bonchev–Trinajstić information content (AvgIpc) is 2.87. The number of aliphatic carboxylic acids is 1. The molecular formula is C14H17NO4S. The zero-order valence-corrected chi connectivity index (χ0v) is 11.8. The third-order valence-electron chi connectivity index (χ3n) is 3.44. The molecular weight excluding hydrogens is 278 g/mol. The van der Waals surface area contributed by atoms with Crippen LogP contribution in [0.15, 0.2) is 35.7 Å². The lowest BCUT2D eigenvalue weighted by Crippen LogP contribution is -2.51. The van der Waals surface area contributed by atoms with Crippen LogP contribution >= 0.6 is 0 Å². The van der Waals surface area contributed by atoms with Gasteiger partial charge in [-0.25, -0.2) is 8.42 Å². The average molecular weight is 295 g/mol. The molecule has 1 aliphatic carbocycles. The second-order valence-corrected chi connectivity index (χ2v) is 6.52. The molecule has 0 spiro atoms. The topological polar surface area (TPSA) is 83.5 Å². The molecule has 0 radical (unpaired) electrons. The number of hydrogen-bond acceptors (Lipinski definition) is 3. The number of carboxylic acids is 1. The largest absolute Gasteiger partial charge is 0.480 e. The molecule has 0 bridgehead atoms. The third kappa shape index (κ3) is 3.46. The van der Waals surface area contributed by atoms with E-state index in [-0.39, 0.29) is 0 Å². The minimum atomic E-state index is -3.78. The SMILES string of the molecule is O=C(O)C1(NS(=O)(=O)/C=C/c2ccccc2)CCCC1. The van der Waals surface area contributed by atoms with E-state index in [2.05, 4.69) is 4.72 Å². The molecule has 5 nitrogen and oxygen atoms in total. The summed E-state index contributed by atoms with van der Waals surface area (Å²) in [6, 6.07) is 8.98. The summed E-state index contributed by atoms with van der Waals surface area (Å²) in [5.41, 5.74) is -0.603. The summed E-state index contributed by atoms with van der Waals surface area (Å²) in [5.74, 6) is -1.10. The Labute approximate surface area is 118 Å². The molecule has 0 amide bonds. The van der Waals surface area contributed by atoms with Crippen LogP contribution < -0.4 is 4.72 Å². The molecule has 1 aliphatic rings. The predicted octanol–water partition coefficient (Wildman–Crippen LogP) is 1.97. The first-order chi connectivity index (χ1) is 9.44. The first kappa shape index (κ1) is 14.7. The minimum absolute atomic E-state index is 0.334. The highest BCUT2D eigenvalue weighted by Gasteiger charge is 2.43. The van der Waals surface area contributed by atoms with Crippen LogP contribution in [0.5, 0.6) is 0 Å². The van der Waals surface area contributed by atoms with Crippen LogP contribution in [0.25, 0.3) is 6.08 Å². The van der Waals surface area contributed by atoms with Gasteiger partial charge in [0.05, 0.1) is 0 Å². The molecule has 1 fully saturated rings. The Morgan fingerprint density at radius 3 is 2.35 bits per heavy atom. The summed E-state index contributed by atoms with van der Waals surface area (Å²) in [6.45, 7) is 0. The van der Waals surface area contributed by atoms with Crippen LogP contribution in [0.1, 0.15) is 31.2 Å². The fraction of sp³-hybridized carbons (Fsp3) is 0.357. The van der Waals surface area contributed by atoms with Crippen molar-refractivity contribution in [1.82, 2.24) is 4.72 Å². The molecule has 0 aromatic heterocycles. The van der Waals surface area contributed by atoms with Gasteiger partial charge in [0.25, 0.3) is 0 Å². The molecule has 1 aromatic carbocycles. The smallest absolute Gasteiger partial charge is 0.324 e. The molecule has 0 aliphatic heterocycles. The van der Waals surface area contributed by atoms with Crippen LogP contribution in [-0.2, 0) is 14.8 Å². The van der Waals surface area contributed by atoms with Gasteiger partial charge < -0.3 is 5.11 Å². The van der Waals surface area contributed by atoms with Gasteiger partial charge in [-0.3, -0.25) is 4.79 Å². The van der Waals surface area contributed by atoms with E-state index in [0.29, 0.717) is 12.8 Å². The van der Waals surface area contributed by atoms with E-state index in [1.54, 1.807) is 24.3 Å². The Hall–Kier alpha value is -1.66. The fourth-order valence-electron chi connectivity index (χ4n) is 2.38. The maximum absolute atomic E-state index is 12.0. The Kier molecular flexibility index (Phi) is 4.25. The number of rotatable bonds is 5. The molecule has 2 rings (SSSR count). The predicted molar refractivity (Wildman–Crippen MR) is 76.4 cm³/mol. The Morgan fingerprint density at radius 2 is 1.80 bits per heavy atom. The van der Waals surface area contributed by atoms with Gasteiger partial charge in [-0.15, -0.1) is 0 Å². The quantitative estimate of drug-likeness (QED) is 0.870. The van der Waals surface area contributed by atoms with Crippen molar-refractivity contribution in [3.05, 3.63) is 41.3 Å². The van der Waals surface area contributed by atoms with E-state index in [1.165, 1.54) is 6.08 Å². The van der Waals surface area contributed by atoms with Crippen molar-refractivity contribution < 1.29 is 18.3 Å². The van der Waals surface area contributed by atoms with Gasteiger partial charge in [0.15, 0.2) is 0 Å². The maximum atomic E-state index is 12.0. The minimum Gasteiger partial charge on any atom is -0.480 e. The second-order valence-electron chi connectivity index (χ2n) is 4.95. The van der Waals surface area contributed by atoms with Gasteiger partial charge in [0.2, 0.25) is 10.0 Å². The van der Waals surface area contributed by atoms with Crippen LogP contribution in [0, 0.1) is 0 Å². The van der Waals surface area contributed by atoms with Crippen molar-refractivity contribution in [3.8, 4) is 0 Å². The van der Waals surface area contributed by atoms with Crippen LogP contribution in [0.3, 0.4) is 0 Å². The Morgan fingerprint density at radius 1 is 1.20 bits per heavy atom. The summed E-state index contributed by atoms with van der Waals surface area (Å²) in [5, 5.41) is 10.3. The van der Waals surface area contributed by atoms with Crippen molar-refractivity contribution in [2.24, 2.45) is 0 Å². The summed E-state index contributed by atoms with van der Waals surface area (Å²) >= 11 is 0. The molecule has 108 valence electrons. The van der Waals surface area contributed by atoms with Gasteiger partial charge >= 0.3 is 5.97 Å². The van der Waals surface area contributed by atoms with Gasteiger partial charge in [0, 0.05) is 5.41 Å². The molecule has 0 unspecified atom stereocenters. The van der Waals surface area contributed by atoms with Gasteiger partial charge in [-0.05, 0) is 24.5 Å². The summed E-state index contributed by atoms with van der Waals surface area (Å²) < 4.78 is 26.3. The van der Waals surface area contributed by atoms with Crippen LogP contribution in [0.4, 0.5) is 0 Å². The van der Waals surface area contributed by atoms with Gasteiger partial charge in [0.1, 0.15) is 5.54 Å². The summed E-state index contributed by atoms with van der Waals surface area (Å²) in [6.07, 6.45) is 3.56. The lowest BCUT2D eigenvalue weighted by Gasteiger charge is -2.23. The maximum Gasteiger partial charge on any atom is 0.324 e. The number of carbonyl (C=O) groups is 1. The molecule has 2 N–H and O–H groups in total. The molecule has 0 saturated heterocycles. The number of sulfonamides is 1. The van der Waals surface area contributed by atoms with Gasteiger partial charge in [-0.1, -0.05) is 43.2 Å². The highest BCUT2D eigenvalue weighted by molar-refractivity contribution is 7.92. The Balaban J connectivity index is 2.15. The second kappa shape index (κ2) is 5.76. The summed E-state index contributed by atoms with van der Waals surface area (Å²) in [4.78, 5) is 11.3. The van der Waals surface area contributed by atoms with Crippen molar-refractivity contribution in [3.63, 3.8) is 0 Å². The molecule has 1 aromatic rings. The molecule has 6 heteroatoms. The van der Waals surface area contributed by atoms with Crippen molar-refractivity contribution in [2.75, 3.05) is 0 Å². The van der Waals surface area contributed by atoms with E-state index >= 15 is 0 Å². The molecule has 0 heterocycles. The molecule has 1 saturated carbocycles. The molecule has 0 atom stereocenters. The van der Waals surface area contributed by atoms with E-state index in [1.807, 2.05) is 6.07 Å². The van der Waals surface area contributed by atoms with Crippen molar-refractivity contribution in [2.45, 2.75) is 31.2 Å². The first-order valence-corrected chi connectivity index (χ1v) is 7.99. The van der Waals surface area contributed by atoms with Crippen LogP contribution in [-0.4, -0.2) is 25.0 Å². The van der Waals surface area contributed by atoms with E-state index < -0.39 is 21.5 Å². The molecule has 20 heavy (non-hydrogen) atoms. The third-order valence-corrected chi connectivity index (χ3v) is 4.61. The first-order valence-electron chi connectivity index (χ1n) is 6.44. The zero-order chi connectivity index (χ0) is 14.6. The summed E-state index contributed by atoms with van der Waals surface area (Å²) in [7, 11) is -3.78. The lowest BCUT2D eigenvalue weighted by atomic mass is 10.0.